The number of pyridine rings is 4. The van der Waals surface area contributed by atoms with Crippen molar-refractivity contribution in [2.24, 2.45) is 0 Å². The molecule has 7 rings (SSSR count). The van der Waals surface area contributed by atoms with Gasteiger partial charge < -0.3 is 21.3 Å². The van der Waals surface area contributed by atoms with Crippen LogP contribution in [0.1, 0.15) is 23.6 Å². The lowest BCUT2D eigenvalue weighted by atomic mass is 10.3. The number of rotatable bonds is 8. The zero-order valence-electron chi connectivity index (χ0n) is 29.6. The van der Waals surface area contributed by atoms with Crippen molar-refractivity contribution in [2.45, 2.75) is 26.4 Å². The van der Waals surface area contributed by atoms with Gasteiger partial charge in [-0.3, -0.25) is 0 Å². The van der Waals surface area contributed by atoms with Gasteiger partial charge in [-0.25, -0.2) is 49.8 Å². The number of nitrogen functional groups attached to an aromatic ring is 1. The van der Waals surface area contributed by atoms with Crippen LogP contribution in [0.2, 0.25) is 0 Å². The molecule has 0 spiro atoms. The summed E-state index contributed by atoms with van der Waals surface area (Å²) in [6, 6.07) is 22.8. The molecule has 0 bridgehead atoms. The first-order chi connectivity index (χ1) is 25.6. The Morgan fingerprint density at radius 2 is 1.04 bits per heavy atom. The van der Waals surface area contributed by atoms with Crippen molar-refractivity contribution in [2.75, 3.05) is 35.4 Å². The molecule has 0 fully saturated rings. The predicted molar refractivity (Wildman–Crippen MR) is 206 cm³/mol. The molecular weight excluding hydrogens is 653 g/mol. The fourth-order valence-electron chi connectivity index (χ4n) is 3.83. The predicted octanol–water partition coefficient (Wildman–Crippen LogP) is 5.82. The van der Waals surface area contributed by atoms with Crippen molar-refractivity contribution in [3.8, 4) is 0 Å². The minimum atomic E-state index is 0.572. The summed E-state index contributed by atoms with van der Waals surface area (Å²) in [6.45, 7) is 3.54. The van der Waals surface area contributed by atoms with Crippen molar-refractivity contribution in [1.82, 2.24) is 49.8 Å². The molecule has 0 aliphatic heterocycles. The summed E-state index contributed by atoms with van der Waals surface area (Å²) in [7, 11) is 3.84. The Balaban J connectivity index is 0.000000182. The Hall–Kier alpha value is -6.96. The van der Waals surface area contributed by atoms with Gasteiger partial charge in [-0.2, -0.15) is 0 Å². The van der Waals surface area contributed by atoms with Crippen LogP contribution in [-0.4, -0.2) is 63.9 Å². The van der Waals surface area contributed by atoms with Gasteiger partial charge in [0.1, 0.15) is 42.3 Å². The maximum Gasteiger partial charge on any atom is 0.128 e. The van der Waals surface area contributed by atoms with Crippen molar-refractivity contribution in [1.29, 1.82) is 0 Å². The molecule has 7 aromatic heterocycles. The van der Waals surface area contributed by atoms with Gasteiger partial charge in [0.05, 0.1) is 0 Å². The molecule has 0 amide bonds. The van der Waals surface area contributed by atoms with Crippen LogP contribution in [0.25, 0.3) is 0 Å². The second kappa shape index (κ2) is 25.1. The van der Waals surface area contributed by atoms with Gasteiger partial charge in [0, 0.05) is 100 Å². The lowest BCUT2D eigenvalue weighted by molar-refractivity contribution is 0.881. The lowest BCUT2D eigenvalue weighted by Crippen LogP contribution is -2.17. The quantitative estimate of drug-likeness (QED) is 0.173. The van der Waals surface area contributed by atoms with E-state index in [2.05, 4.69) is 72.3 Å². The van der Waals surface area contributed by atoms with Crippen molar-refractivity contribution in [3.63, 3.8) is 0 Å². The maximum absolute atomic E-state index is 5.25. The SMILES string of the molecule is CCc1cncnc1.CN(Cc1cncnc1)c1ccccn1.CNc1ccccn1.Nc1ccccn1.c1ccc(NCc2cncnc2)nc1. The molecule has 0 unspecified atom stereocenters. The molecule has 0 saturated carbocycles. The van der Waals surface area contributed by atoms with Crippen molar-refractivity contribution < 1.29 is 0 Å². The Bertz CT molecular complexity index is 1750. The highest BCUT2D eigenvalue weighted by Crippen LogP contribution is 2.10. The van der Waals surface area contributed by atoms with Gasteiger partial charge in [-0.15, -0.1) is 0 Å². The fourth-order valence-corrected chi connectivity index (χ4v) is 3.83. The number of anilines is 4. The molecule has 7 heterocycles. The molecule has 52 heavy (non-hydrogen) atoms. The van der Waals surface area contributed by atoms with E-state index in [1.54, 1.807) is 49.6 Å². The highest BCUT2D eigenvalue weighted by molar-refractivity contribution is 5.37. The first-order valence-electron chi connectivity index (χ1n) is 16.3. The van der Waals surface area contributed by atoms with Crippen LogP contribution < -0.4 is 21.3 Å². The highest BCUT2D eigenvalue weighted by atomic mass is 15.2. The summed E-state index contributed by atoms with van der Waals surface area (Å²) < 4.78 is 0. The van der Waals surface area contributed by atoms with Gasteiger partial charge >= 0.3 is 0 Å². The van der Waals surface area contributed by atoms with Gasteiger partial charge in [0.15, 0.2) is 0 Å². The summed E-state index contributed by atoms with van der Waals surface area (Å²) in [5.41, 5.74) is 8.55. The molecule has 0 saturated heterocycles. The summed E-state index contributed by atoms with van der Waals surface area (Å²) in [4.78, 5) is 41.7. The molecule has 7 aromatic rings. The van der Waals surface area contributed by atoms with E-state index in [1.165, 1.54) is 18.2 Å². The van der Waals surface area contributed by atoms with Crippen LogP contribution in [0.3, 0.4) is 0 Å². The number of nitrogens with zero attached hydrogens (tertiary/aromatic N) is 11. The van der Waals surface area contributed by atoms with Crippen LogP contribution in [-0.2, 0) is 19.5 Å². The zero-order valence-corrected chi connectivity index (χ0v) is 29.6. The van der Waals surface area contributed by atoms with Crippen molar-refractivity contribution in [3.05, 3.63) is 170 Å². The smallest absolute Gasteiger partial charge is 0.128 e. The monoisotopic (exact) mass is 696 g/mol. The fraction of sp³-hybridized carbons (Fsp3) is 0.158. The van der Waals surface area contributed by atoms with E-state index in [0.29, 0.717) is 12.4 Å². The minimum Gasteiger partial charge on any atom is -0.384 e. The second-order valence-corrected chi connectivity index (χ2v) is 10.4. The summed E-state index contributed by atoms with van der Waals surface area (Å²) in [6.07, 6.45) is 23.4. The molecule has 4 N–H and O–H groups in total. The van der Waals surface area contributed by atoms with Crippen LogP contribution >= 0.6 is 0 Å². The third-order valence-electron chi connectivity index (χ3n) is 6.46. The van der Waals surface area contributed by atoms with E-state index in [0.717, 1.165) is 41.5 Å². The van der Waals surface area contributed by atoms with Gasteiger partial charge in [-0.1, -0.05) is 31.2 Å². The van der Waals surface area contributed by atoms with E-state index < -0.39 is 0 Å². The number of nitrogens with one attached hydrogen (secondary N) is 2. The van der Waals surface area contributed by atoms with E-state index in [1.807, 2.05) is 106 Å². The van der Waals surface area contributed by atoms with Gasteiger partial charge in [-0.05, 0) is 60.5 Å². The topological polar surface area (TPSA) is 182 Å². The molecule has 0 aliphatic carbocycles. The molecule has 0 aromatic carbocycles. The summed E-state index contributed by atoms with van der Waals surface area (Å²) in [5.74, 6) is 3.28. The van der Waals surface area contributed by atoms with E-state index in [4.69, 9.17) is 5.73 Å². The average Bonchev–Trinajstić information content (AvgIpc) is 3.23. The number of hydrogen-bond donors (Lipinski definition) is 3. The van der Waals surface area contributed by atoms with E-state index in [9.17, 15) is 0 Å². The zero-order chi connectivity index (χ0) is 36.9. The van der Waals surface area contributed by atoms with E-state index >= 15 is 0 Å². The Morgan fingerprint density at radius 1 is 0.558 bits per heavy atom. The van der Waals surface area contributed by atoms with Gasteiger partial charge in [0.25, 0.3) is 0 Å². The molecule has 14 nitrogen and oxygen atoms in total. The third-order valence-corrected chi connectivity index (χ3v) is 6.46. The van der Waals surface area contributed by atoms with Gasteiger partial charge in [0.2, 0.25) is 0 Å². The molecule has 14 heteroatoms. The molecule has 0 aliphatic rings. The minimum absolute atomic E-state index is 0.572. The van der Waals surface area contributed by atoms with Crippen LogP contribution in [0.5, 0.6) is 0 Å². The molecule has 0 atom stereocenters. The number of aryl methyl sites for hydroxylation is 1. The standard InChI is InChI=1S/C11H12N4.C10H10N4.2C6H8N2.C5H6N2/c1-15(11-4-2-3-5-14-11)8-10-6-12-9-13-7-10;1-2-4-13-10(3-1)14-7-9-5-11-8-12-6-9;1-7-6-4-2-3-5-8-6;1-2-6-3-7-5-8-4-6;6-5-3-1-2-4-7-5/h2-7,9H,8H2,1H3;1-6,8H,7H2,(H,13,14);2-5H,1H3,(H,7,8);3-5H,2H2,1H3;1-4H,(H2,6,7). The molecule has 0 radical (unpaired) electrons. The maximum atomic E-state index is 5.25. The molecule has 266 valence electrons. The number of nitrogens with two attached hydrogens (primary N) is 1. The number of hydrogen-bond acceptors (Lipinski definition) is 14. The Morgan fingerprint density at radius 3 is 1.42 bits per heavy atom. The Kier molecular flexibility index (Phi) is 19.0. The highest BCUT2D eigenvalue weighted by Gasteiger charge is 2.02. The number of aromatic nitrogens is 10. The third kappa shape index (κ3) is 17.4. The average molecular weight is 697 g/mol. The summed E-state index contributed by atoms with van der Waals surface area (Å²) in [5, 5.41) is 6.09. The lowest BCUT2D eigenvalue weighted by Gasteiger charge is -2.17. The second-order valence-electron chi connectivity index (χ2n) is 10.4. The first kappa shape index (κ1) is 39.5. The first-order valence-corrected chi connectivity index (χ1v) is 16.3. The Labute approximate surface area is 304 Å². The van der Waals surface area contributed by atoms with Crippen LogP contribution in [0.4, 0.5) is 23.3 Å². The van der Waals surface area contributed by atoms with Crippen LogP contribution in [0.15, 0.2) is 154 Å². The summed E-state index contributed by atoms with van der Waals surface area (Å²) >= 11 is 0. The molecular formula is C38H44N14. The van der Waals surface area contributed by atoms with E-state index in [-0.39, 0.29) is 0 Å². The largest absolute Gasteiger partial charge is 0.384 e. The van der Waals surface area contributed by atoms with Crippen molar-refractivity contribution >= 4 is 23.3 Å². The normalized spacial score (nSPS) is 9.37. The van der Waals surface area contributed by atoms with Crippen LogP contribution in [0, 0.1) is 0 Å².